The summed E-state index contributed by atoms with van der Waals surface area (Å²) in [6.45, 7) is 0.606. The quantitative estimate of drug-likeness (QED) is 0.623. The molecule has 12 heavy (non-hydrogen) atoms. The normalized spacial score (nSPS) is 13.0. The molecule has 0 saturated carbocycles. The number of nitrogens with zero attached hydrogens (tertiary/aromatic N) is 2. The molecule has 0 unspecified atom stereocenters. The molecule has 0 saturated heterocycles. The average molecular weight is 165 g/mol. The molecule has 1 aromatic rings. The summed E-state index contributed by atoms with van der Waals surface area (Å²) in [4.78, 5) is 14.1. The minimum Gasteiger partial charge on any atom is -0.530 e. The number of amides is 1. The Morgan fingerprint density at radius 3 is 3.33 bits per heavy atom. The molecule has 1 amide bonds. The third-order valence-corrected chi connectivity index (χ3v) is 1.64. The third-order valence-electron chi connectivity index (χ3n) is 1.64. The lowest BCUT2D eigenvalue weighted by atomic mass is 10.4. The molecular weight excluding hydrogens is 158 g/mol. The van der Waals surface area contributed by atoms with Gasteiger partial charge in [-0.25, -0.2) is 0 Å². The highest BCUT2D eigenvalue weighted by molar-refractivity contribution is 5.82. The predicted molar refractivity (Wildman–Crippen MR) is 42.2 cm³/mol. The van der Waals surface area contributed by atoms with Gasteiger partial charge in [-0.1, -0.05) is 0 Å². The highest BCUT2D eigenvalue weighted by Gasteiger charge is 2.07. The van der Waals surface area contributed by atoms with E-state index < -0.39 is 6.09 Å². The fourth-order valence-electron chi connectivity index (χ4n) is 1.17. The van der Waals surface area contributed by atoms with Gasteiger partial charge in [0.15, 0.2) is 0 Å². The molecule has 1 aliphatic heterocycles. The number of rotatable bonds is 1. The van der Waals surface area contributed by atoms with E-state index in [2.05, 4.69) is 10.3 Å². The largest absolute Gasteiger partial charge is 1.00 e. The van der Waals surface area contributed by atoms with E-state index in [1.807, 2.05) is 0 Å². The van der Waals surface area contributed by atoms with Crippen LogP contribution in [0.5, 0.6) is 0 Å². The van der Waals surface area contributed by atoms with E-state index in [0.717, 1.165) is 5.69 Å². The number of hydrogen-bond donors (Lipinski definition) is 1. The number of carbonyl (C=O) groups is 1. The van der Waals surface area contributed by atoms with Gasteiger partial charge in [0.2, 0.25) is 0 Å². The van der Waals surface area contributed by atoms with Crippen LogP contribution in [-0.2, 0) is 6.54 Å². The Bertz CT molecular complexity index is 359. The first-order valence-electron chi connectivity index (χ1n) is 3.44. The Balaban J connectivity index is 0.000000845. The van der Waals surface area contributed by atoms with Crippen LogP contribution < -0.4 is 10.4 Å². The van der Waals surface area contributed by atoms with E-state index in [0.29, 0.717) is 12.2 Å². The van der Waals surface area contributed by atoms with Gasteiger partial charge < -0.3 is 19.8 Å². The fourth-order valence-corrected chi connectivity index (χ4v) is 1.17. The number of anilines is 1. The average Bonchev–Trinajstić information content (AvgIpc) is 2.43. The molecule has 0 spiro atoms. The lowest BCUT2D eigenvalue weighted by Crippen LogP contribution is -2.28. The van der Waals surface area contributed by atoms with Gasteiger partial charge in [0.25, 0.3) is 0 Å². The minimum atomic E-state index is -1.30. The summed E-state index contributed by atoms with van der Waals surface area (Å²) in [5.74, 6) is 0. The molecule has 5 heteroatoms. The van der Waals surface area contributed by atoms with Crippen molar-refractivity contribution < 1.29 is 11.3 Å². The van der Waals surface area contributed by atoms with E-state index in [1.165, 1.54) is 0 Å². The van der Waals surface area contributed by atoms with Crippen LogP contribution in [-0.4, -0.2) is 17.0 Å². The van der Waals surface area contributed by atoms with Crippen LogP contribution >= 0.6 is 0 Å². The summed E-state index contributed by atoms with van der Waals surface area (Å²) in [6, 6.07) is 1.72. The summed E-state index contributed by atoms with van der Waals surface area (Å²) in [5, 5.41) is 12.3. The van der Waals surface area contributed by atoms with E-state index in [-0.39, 0.29) is 1.43 Å². The number of carbonyl (C=O) groups excluding carboxylic acids is 1. The summed E-state index contributed by atoms with van der Waals surface area (Å²) in [6.07, 6.45) is 2.01. The standard InChI is InChI=1S/C7H7N3O2/c11-7(12)9-5-1-6-2-8-4-10(6)3-5/h1,3-4,9H,2H2,(H,11,12). The van der Waals surface area contributed by atoms with Crippen molar-refractivity contribution in [3.63, 3.8) is 0 Å². The highest BCUT2D eigenvalue weighted by Crippen LogP contribution is 2.16. The van der Waals surface area contributed by atoms with Gasteiger partial charge in [0, 0.05) is 11.9 Å². The summed E-state index contributed by atoms with van der Waals surface area (Å²) in [5.41, 5.74) is 1.50. The number of aliphatic imine (C=N–C) groups is 1. The smallest absolute Gasteiger partial charge is 0.530 e. The Morgan fingerprint density at radius 2 is 2.67 bits per heavy atom. The van der Waals surface area contributed by atoms with Crippen molar-refractivity contribution in [2.75, 3.05) is 5.32 Å². The molecule has 1 aromatic heterocycles. The first kappa shape index (κ1) is 6.90. The van der Waals surface area contributed by atoms with Crippen molar-refractivity contribution in [3.8, 4) is 0 Å². The van der Waals surface area contributed by atoms with E-state index in [4.69, 9.17) is 0 Å². The Morgan fingerprint density at radius 1 is 1.83 bits per heavy atom. The Labute approximate surface area is 69.8 Å². The lowest BCUT2D eigenvalue weighted by Gasteiger charge is -2.01. The van der Waals surface area contributed by atoms with Gasteiger partial charge >= 0.3 is 1.43 Å². The minimum absolute atomic E-state index is 0. The molecule has 5 nitrogen and oxygen atoms in total. The molecule has 2 rings (SSSR count). The number of fused-ring (bicyclic) bond motifs is 1. The van der Waals surface area contributed by atoms with Gasteiger partial charge in [0.05, 0.1) is 18.6 Å². The van der Waals surface area contributed by atoms with Crippen molar-refractivity contribution in [1.29, 1.82) is 0 Å². The van der Waals surface area contributed by atoms with E-state index >= 15 is 0 Å². The first-order chi connectivity index (χ1) is 5.75. The molecule has 62 valence electrons. The second-order valence-corrected chi connectivity index (χ2v) is 2.50. The number of hydrogen-bond acceptors (Lipinski definition) is 3. The lowest BCUT2D eigenvalue weighted by molar-refractivity contribution is -0.242. The number of nitrogens with one attached hydrogen (secondary N) is 1. The van der Waals surface area contributed by atoms with Crippen LogP contribution in [0.25, 0.3) is 0 Å². The van der Waals surface area contributed by atoms with Gasteiger partial charge in [-0.2, -0.15) is 0 Å². The fraction of sp³-hybridized carbons (Fsp3) is 0.143. The van der Waals surface area contributed by atoms with E-state index in [9.17, 15) is 9.90 Å². The summed E-state index contributed by atoms with van der Waals surface area (Å²) in [7, 11) is 0. The van der Waals surface area contributed by atoms with E-state index in [1.54, 1.807) is 23.2 Å². The number of carboxylic acid groups (broad SMARTS) is 1. The molecule has 0 aliphatic carbocycles. The SMILES string of the molecule is O=C([O-])Nc1cc2n(c1)C=NC2.[H+]. The molecule has 0 radical (unpaired) electrons. The zero-order valence-corrected chi connectivity index (χ0v) is 6.15. The Hall–Kier alpha value is -1.78. The van der Waals surface area contributed by atoms with Crippen LogP contribution in [0.3, 0.4) is 0 Å². The van der Waals surface area contributed by atoms with Crippen molar-refractivity contribution in [2.24, 2.45) is 4.99 Å². The van der Waals surface area contributed by atoms with Crippen LogP contribution in [0.15, 0.2) is 17.3 Å². The highest BCUT2D eigenvalue weighted by atomic mass is 16.4. The molecule has 0 fully saturated rings. The molecule has 0 aromatic carbocycles. The van der Waals surface area contributed by atoms with Crippen molar-refractivity contribution in [2.45, 2.75) is 6.54 Å². The topological polar surface area (TPSA) is 69.4 Å². The second kappa shape index (κ2) is 2.37. The summed E-state index contributed by atoms with van der Waals surface area (Å²) >= 11 is 0. The van der Waals surface area contributed by atoms with Gasteiger partial charge in [-0.05, 0) is 6.07 Å². The molecule has 2 heterocycles. The summed E-state index contributed by atoms with van der Waals surface area (Å²) < 4.78 is 1.77. The van der Waals surface area contributed by atoms with Crippen LogP contribution in [0.4, 0.5) is 10.5 Å². The molecular formula is C7H7N3O2. The maximum atomic E-state index is 10.1. The molecule has 1 aliphatic rings. The molecule has 1 N–H and O–H groups in total. The van der Waals surface area contributed by atoms with Crippen molar-refractivity contribution in [3.05, 3.63) is 18.0 Å². The van der Waals surface area contributed by atoms with Crippen LogP contribution in [0.1, 0.15) is 7.12 Å². The maximum absolute atomic E-state index is 10.1. The Kier molecular flexibility index (Phi) is 1.36. The van der Waals surface area contributed by atoms with Gasteiger partial charge in [-0.3, -0.25) is 4.99 Å². The second-order valence-electron chi connectivity index (χ2n) is 2.50. The van der Waals surface area contributed by atoms with Crippen LogP contribution in [0.2, 0.25) is 0 Å². The van der Waals surface area contributed by atoms with Gasteiger partial charge in [-0.15, -0.1) is 0 Å². The number of aromatic nitrogens is 1. The molecule has 0 bridgehead atoms. The molecule has 0 atom stereocenters. The monoisotopic (exact) mass is 165 g/mol. The zero-order chi connectivity index (χ0) is 8.55. The maximum Gasteiger partial charge on any atom is 1.00 e. The first-order valence-corrected chi connectivity index (χ1v) is 3.44. The third kappa shape index (κ3) is 1.05. The zero-order valence-electron chi connectivity index (χ0n) is 7.15. The van der Waals surface area contributed by atoms with Gasteiger partial charge in [0.1, 0.15) is 6.09 Å². The van der Waals surface area contributed by atoms with Crippen molar-refractivity contribution in [1.82, 2.24) is 4.57 Å². The van der Waals surface area contributed by atoms with Crippen molar-refractivity contribution >= 4 is 18.1 Å². The van der Waals surface area contributed by atoms with Crippen LogP contribution in [0, 0.1) is 0 Å². The predicted octanol–water partition coefficient (Wildman–Crippen LogP) is -0.254.